The first-order valence-electron chi connectivity index (χ1n) is 5.37. The second-order valence-electron chi connectivity index (χ2n) is 3.88. The summed E-state index contributed by atoms with van der Waals surface area (Å²) < 4.78 is 13.8. The van der Waals surface area contributed by atoms with Crippen LogP contribution >= 0.6 is 27.5 Å². The average molecular weight is 344 g/mol. The number of hydrogen-bond acceptors (Lipinski definition) is 2. The second-order valence-corrected chi connectivity index (χ2v) is 5.10. The summed E-state index contributed by atoms with van der Waals surface area (Å²) in [5.41, 5.74) is 1.00. The summed E-state index contributed by atoms with van der Waals surface area (Å²) in [5, 5.41) is 2.75. The Morgan fingerprint density at radius 1 is 1.42 bits per heavy atom. The standard InChI is InChI=1S/C13H9BrClFN2O/c1-7-5-11(8(15)6-9(7)16)18-13(19)10-3-2-4-12(14)17-10/h2-6H,1H3,(H,18,19). The van der Waals surface area contributed by atoms with Gasteiger partial charge in [0.25, 0.3) is 5.91 Å². The maximum atomic E-state index is 13.3. The Morgan fingerprint density at radius 3 is 2.84 bits per heavy atom. The molecule has 1 aromatic heterocycles. The minimum Gasteiger partial charge on any atom is -0.319 e. The number of aromatic nitrogens is 1. The zero-order chi connectivity index (χ0) is 14.0. The van der Waals surface area contributed by atoms with Gasteiger partial charge in [0.15, 0.2) is 0 Å². The van der Waals surface area contributed by atoms with Crippen molar-refractivity contribution in [2.75, 3.05) is 5.32 Å². The minimum absolute atomic E-state index is 0.145. The highest BCUT2D eigenvalue weighted by Crippen LogP contribution is 2.25. The SMILES string of the molecule is Cc1cc(NC(=O)c2cccc(Br)n2)c(Cl)cc1F. The van der Waals surface area contributed by atoms with E-state index in [1.807, 2.05) is 0 Å². The molecule has 0 saturated carbocycles. The molecular formula is C13H9BrClFN2O. The molecule has 1 aromatic carbocycles. The van der Waals surface area contributed by atoms with Gasteiger partial charge >= 0.3 is 0 Å². The van der Waals surface area contributed by atoms with Gasteiger partial charge in [0, 0.05) is 0 Å². The normalized spacial score (nSPS) is 10.3. The molecule has 1 heterocycles. The smallest absolute Gasteiger partial charge is 0.274 e. The number of nitrogens with one attached hydrogen (secondary N) is 1. The zero-order valence-corrected chi connectivity index (χ0v) is 12.2. The molecule has 0 radical (unpaired) electrons. The molecule has 1 amide bonds. The Balaban J connectivity index is 2.27. The Hall–Kier alpha value is -1.46. The van der Waals surface area contributed by atoms with Crippen molar-refractivity contribution < 1.29 is 9.18 Å². The van der Waals surface area contributed by atoms with Gasteiger partial charge in [-0.1, -0.05) is 17.7 Å². The number of nitrogens with zero attached hydrogens (tertiary/aromatic N) is 1. The average Bonchev–Trinajstić information content (AvgIpc) is 2.36. The number of carbonyl (C=O) groups excluding carboxylic acids is 1. The molecule has 0 spiro atoms. The third kappa shape index (κ3) is 3.30. The first-order valence-corrected chi connectivity index (χ1v) is 6.54. The van der Waals surface area contributed by atoms with Gasteiger partial charge in [0.1, 0.15) is 16.1 Å². The highest BCUT2D eigenvalue weighted by molar-refractivity contribution is 9.10. The quantitative estimate of drug-likeness (QED) is 0.831. The van der Waals surface area contributed by atoms with Crippen LogP contribution in [0.1, 0.15) is 16.1 Å². The maximum Gasteiger partial charge on any atom is 0.274 e. The fourth-order valence-corrected chi connectivity index (χ4v) is 2.02. The number of amides is 1. The molecule has 2 rings (SSSR count). The van der Waals surface area contributed by atoms with Crippen LogP contribution in [0, 0.1) is 12.7 Å². The summed E-state index contributed by atoms with van der Waals surface area (Å²) >= 11 is 9.06. The Kier molecular flexibility index (Phi) is 4.17. The lowest BCUT2D eigenvalue weighted by Crippen LogP contribution is -2.14. The van der Waals surface area contributed by atoms with Crippen molar-refractivity contribution in [3.8, 4) is 0 Å². The molecular weight excluding hydrogens is 335 g/mol. The van der Waals surface area contributed by atoms with Crippen LogP contribution in [-0.2, 0) is 0 Å². The van der Waals surface area contributed by atoms with Gasteiger partial charge in [-0.2, -0.15) is 0 Å². The predicted molar refractivity (Wildman–Crippen MR) is 76.0 cm³/mol. The van der Waals surface area contributed by atoms with Crippen LogP contribution in [-0.4, -0.2) is 10.9 Å². The molecule has 0 fully saturated rings. The van der Waals surface area contributed by atoms with Crippen LogP contribution in [0.4, 0.5) is 10.1 Å². The molecule has 2 aromatic rings. The Labute approximate surface area is 122 Å². The largest absolute Gasteiger partial charge is 0.319 e. The molecule has 1 N–H and O–H groups in total. The summed E-state index contributed by atoms with van der Waals surface area (Å²) in [5.74, 6) is -0.821. The highest BCUT2D eigenvalue weighted by atomic mass is 79.9. The van der Waals surface area contributed by atoms with Gasteiger partial charge in [-0.15, -0.1) is 0 Å². The topological polar surface area (TPSA) is 42.0 Å². The number of hydrogen-bond donors (Lipinski definition) is 1. The van der Waals surface area contributed by atoms with Crippen molar-refractivity contribution >= 4 is 39.1 Å². The number of halogens is 3. The fourth-order valence-electron chi connectivity index (χ4n) is 1.47. The molecule has 0 saturated heterocycles. The van der Waals surface area contributed by atoms with E-state index >= 15 is 0 Å². The van der Waals surface area contributed by atoms with E-state index in [4.69, 9.17) is 11.6 Å². The summed E-state index contributed by atoms with van der Waals surface area (Å²) in [4.78, 5) is 16.0. The summed E-state index contributed by atoms with van der Waals surface area (Å²) in [6, 6.07) is 7.63. The van der Waals surface area contributed by atoms with E-state index in [1.165, 1.54) is 12.1 Å². The minimum atomic E-state index is -0.413. The number of benzene rings is 1. The number of anilines is 1. The van der Waals surface area contributed by atoms with Gasteiger partial charge < -0.3 is 5.32 Å². The van der Waals surface area contributed by atoms with Crippen molar-refractivity contribution in [1.29, 1.82) is 0 Å². The van der Waals surface area contributed by atoms with Crippen LogP contribution in [0.3, 0.4) is 0 Å². The summed E-state index contributed by atoms with van der Waals surface area (Å²) in [7, 11) is 0. The van der Waals surface area contributed by atoms with Crippen LogP contribution in [0.5, 0.6) is 0 Å². The third-order valence-corrected chi connectivity index (χ3v) is 3.20. The summed E-state index contributed by atoms with van der Waals surface area (Å²) in [6.07, 6.45) is 0. The van der Waals surface area contributed by atoms with E-state index in [2.05, 4.69) is 26.2 Å². The highest BCUT2D eigenvalue weighted by Gasteiger charge is 2.12. The predicted octanol–water partition coefficient (Wildman–Crippen LogP) is 4.20. The lowest BCUT2D eigenvalue weighted by Gasteiger charge is -2.08. The maximum absolute atomic E-state index is 13.3. The van der Waals surface area contributed by atoms with Gasteiger partial charge in [0.05, 0.1) is 10.7 Å². The number of pyridine rings is 1. The van der Waals surface area contributed by atoms with E-state index < -0.39 is 11.7 Å². The van der Waals surface area contributed by atoms with Gasteiger partial charge in [-0.25, -0.2) is 9.37 Å². The number of rotatable bonds is 2. The Bertz CT molecular complexity index is 649. The third-order valence-electron chi connectivity index (χ3n) is 2.44. The van der Waals surface area contributed by atoms with Crippen molar-refractivity contribution in [3.05, 3.63) is 57.0 Å². The summed E-state index contributed by atoms with van der Waals surface area (Å²) in [6.45, 7) is 1.60. The fraction of sp³-hybridized carbons (Fsp3) is 0.0769. The molecule has 6 heteroatoms. The molecule has 98 valence electrons. The zero-order valence-electron chi connectivity index (χ0n) is 9.88. The van der Waals surface area contributed by atoms with E-state index in [0.717, 1.165) is 0 Å². The van der Waals surface area contributed by atoms with Crippen molar-refractivity contribution in [3.63, 3.8) is 0 Å². The molecule has 0 aliphatic carbocycles. The molecule has 0 aliphatic heterocycles. The monoisotopic (exact) mass is 342 g/mol. The Morgan fingerprint density at radius 2 is 2.16 bits per heavy atom. The molecule has 0 unspecified atom stereocenters. The molecule has 0 bridgehead atoms. The number of carbonyl (C=O) groups is 1. The van der Waals surface area contributed by atoms with Crippen LogP contribution in [0.25, 0.3) is 0 Å². The molecule has 0 atom stereocenters. The second kappa shape index (κ2) is 5.67. The lowest BCUT2D eigenvalue weighted by atomic mass is 10.2. The van der Waals surface area contributed by atoms with Crippen molar-refractivity contribution in [2.24, 2.45) is 0 Å². The molecule has 19 heavy (non-hydrogen) atoms. The number of aryl methyl sites for hydroxylation is 1. The first-order chi connectivity index (χ1) is 8.97. The van der Waals surface area contributed by atoms with E-state index in [-0.39, 0.29) is 10.7 Å². The first kappa shape index (κ1) is 14.0. The van der Waals surface area contributed by atoms with Crippen LogP contribution < -0.4 is 5.32 Å². The molecule has 3 nitrogen and oxygen atoms in total. The van der Waals surface area contributed by atoms with Crippen molar-refractivity contribution in [1.82, 2.24) is 4.98 Å². The van der Waals surface area contributed by atoms with Crippen molar-refractivity contribution in [2.45, 2.75) is 6.92 Å². The van der Waals surface area contributed by atoms with E-state index in [0.29, 0.717) is 15.9 Å². The van der Waals surface area contributed by atoms with Gasteiger partial charge in [-0.3, -0.25) is 4.79 Å². The van der Waals surface area contributed by atoms with E-state index in [9.17, 15) is 9.18 Å². The van der Waals surface area contributed by atoms with Crippen LogP contribution in [0.15, 0.2) is 34.9 Å². The van der Waals surface area contributed by atoms with E-state index in [1.54, 1.807) is 25.1 Å². The lowest BCUT2D eigenvalue weighted by molar-refractivity contribution is 0.102. The van der Waals surface area contributed by atoms with Gasteiger partial charge in [-0.05, 0) is 52.7 Å². The van der Waals surface area contributed by atoms with Crippen LogP contribution in [0.2, 0.25) is 5.02 Å². The molecule has 0 aliphatic rings. The van der Waals surface area contributed by atoms with Gasteiger partial charge in [0.2, 0.25) is 0 Å².